The summed E-state index contributed by atoms with van der Waals surface area (Å²) in [7, 11) is 0. The van der Waals surface area contributed by atoms with E-state index in [9.17, 15) is 4.79 Å². The van der Waals surface area contributed by atoms with Crippen LogP contribution in [0.25, 0.3) is 11.0 Å². The van der Waals surface area contributed by atoms with Gasteiger partial charge in [0.15, 0.2) is 5.78 Å². The number of ether oxygens (including phenoxy) is 1. The summed E-state index contributed by atoms with van der Waals surface area (Å²) in [6.45, 7) is 3.90. The minimum atomic E-state index is -0.220. The topological polar surface area (TPSA) is 84.1 Å². The van der Waals surface area contributed by atoms with Crippen molar-refractivity contribution >= 4 is 16.8 Å². The molecule has 6 heteroatoms. The van der Waals surface area contributed by atoms with Gasteiger partial charge in [0, 0.05) is 18.0 Å². The minimum absolute atomic E-state index is 0.0925. The van der Waals surface area contributed by atoms with Crippen molar-refractivity contribution in [3.8, 4) is 5.75 Å². The molecule has 0 atom stereocenters. The van der Waals surface area contributed by atoms with Crippen molar-refractivity contribution in [2.24, 2.45) is 5.16 Å². The van der Waals surface area contributed by atoms with Crippen molar-refractivity contribution in [1.29, 1.82) is 0 Å². The Bertz CT molecular complexity index is 1010. The number of hydrogen-bond acceptors (Lipinski definition) is 6. The number of carbonyl (C=O) groups excluding carboxylic acids is 1. The average molecular weight is 394 g/mol. The van der Waals surface area contributed by atoms with Gasteiger partial charge in [-0.25, -0.2) is 0 Å². The molecule has 0 spiro atoms. The van der Waals surface area contributed by atoms with Crippen LogP contribution in [-0.2, 0) is 6.54 Å². The van der Waals surface area contributed by atoms with Crippen LogP contribution in [-0.4, -0.2) is 24.1 Å². The smallest absolute Gasteiger partial charge is 0.266 e. The van der Waals surface area contributed by atoms with E-state index in [1.807, 2.05) is 18.2 Å². The number of rotatable bonds is 10. The van der Waals surface area contributed by atoms with E-state index in [1.54, 1.807) is 12.1 Å². The summed E-state index contributed by atoms with van der Waals surface area (Å²) >= 11 is 0. The first-order chi connectivity index (χ1) is 14.2. The molecule has 0 aliphatic heterocycles. The van der Waals surface area contributed by atoms with Gasteiger partial charge >= 0.3 is 0 Å². The van der Waals surface area contributed by atoms with Gasteiger partial charge in [0.05, 0.1) is 12.2 Å². The summed E-state index contributed by atoms with van der Waals surface area (Å²) in [4.78, 5) is 11.6. The largest absolute Gasteiger partial charge is 0.493 e. The van der Waals surface area contributed by atoms with Gasteiger partial charge in [0.1, 0.15) is 11.3 Å². The molecule has 29 heavy (non-hydrogen) atoms. The Kier molecular flexibility index (Phi) is 7.41. The zero-order valence-corrected chi connectivity index (χ0v) is 16.6. The molecular weight excluding hydrogens is 368 g/mol. The molecule has 0 amide bonds. The second kappa shape index (κ2) is 10.4. The summed E-state index contributed by atoms with van der Waals surface area (Å²) < 4.78 is 11.3. The molecular formula is C23H26N2O4. The molecule has 3 aromatic rings. The van der Waals surface area contributed by atoms with Crippen LogP contribution in [0, 0.1) is 0 Å². The first-order valence-electron chi connectivity index (χ1n) is 9.82. The number of benzene rings is 2. The molecule has 2 aromatic carbocycles. The van der Waals surface area contributed by atoms with Gasteiger partial charge in [-0.15, -0.1) is 0 Å². The molecule has 2 N–H and O–H groups in total. The maximum Gasteiger partial charge on any atom is 0.266 e. The summed E-state index contributed by atoms with van der Waals surface area (Å²) in [5.74, 6) is 0.463. The Morgan fingerprint density at radius 2 is 1.93 bits per heavy atom. The second-order valence-electron chi connectivity index (χ2n) is 6.89. The van der Waals surface area contributed by atoms with E-state index < -0.39 is 0 Å². The molecule has 0 aliphatic carbocycles. The van der Waals surface area contributed by atoms with Gasteiger partial charge in [-0.05, 0) is 61.6 Å². The molecule has 0 radical (unpaired) electrons. The highest BCUT2D eigenvalue weighted by molar-refractivity contribution is 5.96. The first kappa shape index (κ1) is 20.6. The summed E-state index contributed by atoms with van der Waals surface area (Å²) in [6, 6.07) is 17.4. The number of ketones is 1. The van der Waals surface area contributed by atoms with E-state index in [1.165, 1.54) is 12.5 Å². The van der Waals surface area contributed by atoms with Crippen molar-refractivity contribution in [2.45, 2.75) is 32.7 Å². The molecule has 1 aromatic heterocycles. The number of hydrogen-bond donors (Lipinski definition) is 2. The van der Waals surface area contributed by atoms with Crippen LogP contribution in [0.4, 0.5) is 0 Å². The van der Waals surface area contributed by atoms with Crippen LogP contribution < -0.4 is 15.6 Å². The van der Waals surface area contributed by atoms with E-state index in [-0.39, 0.29) is 16.9 Å². The third kappa shape index (κ3) is 5.93. The molecule has 0 bridgehead atoms. The fourth-order valence-electron chi connectivity index (χ4n) is 3.06. The number of carbonyl (C=O) groups is 1. The highest BCUT2D eigenvalue weighted by Gasteiger charge is 2.09. The Balaban J connectivity index is 1.42. The van der Waals surface area contributed by atoms with Gasteiger partial charge in [-0.3, -0.25) is 4.79 Å². The van der Waals surface area contributed by atoms with Crippen molar-refractivity contribution < 1.29 is 19.2 Å². The lowest BCUT2D eigenvalue weighted by molar-refractivity contribution is 0.101. The van der Waals surface area contributed by atoms with Gasteiger partial charge in [0.2, 0.25) is 0 Å². The summed E-state index contributed by atoms with van der Waals surface area (Å²) in [5.41, 5.74) is 1.95. The predicted octanol–water partition coefficient (Wildman–Crippen LogP) is 4.26. The quantitative estimate of drug-likeness (QED) is 0.232. The number of nitrogens with one attached hydrogen (secondary N) is 1. The van der Waals surface area contributed by atoms with Crippen molar-refractivity contribution in [1.82, 2.24) is 5.32 Å². The molecule has 0 saturated heterocycles. The Morgan fingerprint density at radius 1 is 1.10 bits per heavy atom. The van der Waals surface area contributed by atoms with Gasteiger partial charge in [-0.2, -0.15) is 0 Å². The van der Waals surface area contributed by atoms with Crippen LogP contribution in [0.1, 0.15) is 42.1 Å². The van der Waals surface area contributed by atoms with Crippen LogP contribution in [0.15, 0.2) is 64.2 Å². The van der Waals surface area contributed by atoms with Gasteiger partial charge in [0.25, 0.3) is 5.55 Å². The van der Waals surface area contributed by atoms with E-state index in [0.29, 0.717) is 17.9 Å². The van der Waals surface area contributed by atoms with Crippen molar-refractivity contribution in [3.05, 3.63) is 71.3 Å². The van der Waals surface area contributed by atoms with E-state index in [0.717, 1.165) is 37.7 Å². The first-order valence-corrected chi connectivity index (χ1v) is 9.82. The normalized spacial score (nSPS) is 11.7. The fraction of sp³-hybridized carbons (Fsp3) is 0.304. The highest BCUT2D eigenvalue weighted by atomic mass is 16.5. The molecule has 0 fully saturated rings. The average Bonchev–Trinajstić information content (AvgIpc) is 2.75. The number of Topliss-reactive ketones (excluding diaryl/α,β-unsaturated/α-hetero) is 1. The zero-order chi connectivity index (χ0) is 20.5. The monoisotopic (exact) mass is 394 g/mol. The third-order valence-corrected chi connectivity index (χ3v) is 4.63. The maximum absolute atomic E-state index is 11.6. The summed E-state index contributed by atoms with van der Waals surface area (Å²) in [5, 5.41) is 16.3. The standard InChI is InChI=1S/C23H26N2O4/c1-17(26)21-14-19-10-11-20(15-22(19)29-23(21)25-27)28-13-7-3-6-12-24-16-18-8-4-2-5-9-18/h2,4-5,8-11,14-15,24,27H,3,6-7,12-13,16H2,1H3. The second-order valence-corrected chi connectivity index (χ2v) is 6.89. The van der Waals surface area contributed by atoms with E-state index in [4.69, 9.17) is 14.4 Å². The molecule has 152 valence electrons. The molecule has 1 heterocycles. The molecule has 0 saturated carbocycles. The fourth-order valence-corrected chi connectivity index (χ4v) is 3.06. The highest BCUT2D eigenvalue weighted by Crippen LogP contribution is 2.21. The molecule has 6 nitrogen and oxygen atoms in total. The van der Waals surface area contributed by atoms with Crippen LogP contribution in [0.2, 0.25) is 0 Å². The lowest BCUT2D eigenvalue weighted by atomic mass is 10.1. The minimum Gasteiger partial charge on any atom is -0.493 e. The number of unbranched alkanes of at least 4 members (excludes halogenated alkanes) is 2. The van der Waals surface area contributed by atoms with E-state index in [2.05, 4.69) is 34.7 Å². The lowest BCUT2D eigenvalue weighted by Gasteiger charge is -2.08. The van der Waals surface area contributed by atoms with E-state index >= 15 is 0 Å². The zero-order valence-electron chi connectivity index (χ0n) is 16.6. The number of fused-ring (bicyclic) bond motifs is 1. The van der Waals surface area contributed by atoms with Gasteiger partial charge < -0.3 is 19.7 Å². The molecule has 0 unspecified atom stereocenters. The van der Waals surface area contributed by atoms with Crippen molar-refractivity contribution in [3.63, 3.8) is 0 Å². The van der Waals surface area contributed by atoms with Crippen LogP contribution in [0.3, 0.4) is 0 Å². The summed E-state index contributed by atoms with van der Waals surface area (Å²) in [6.07, 6.45) is 3.14. The van der Waals surface area contributed by atoms with Crippen LogP contribution in [0.5, 0.6) is 5.75 Å². The Labute approximate surface area is 169 Å². The van der Waals surface area contributed by atoms with Gasteiger partial charge in [-0.1, -0.05) is 30.3 Å². The van der Waals surface area contributed by atoms with Crippen LogP contribution >= 0.6 is 0 Å². The number of nitrogens with zero attached hydrogens (tertiary/aromatic N) is 1. The van der Waals surface area contributed by atoms with Crippen molar-refractivity contribution in [2.75, 3.05) is 13.2 Å². The molecule has 3 rings (SSSR count). The predicted molar refractivity (Wildman–Crippen MR) is 111 cm³/mol. The Morgan fingerprint density at radius 3 is 2.69 bits per heavy atom. The Hall–Kier alpha value is -3.12. The SMILES string of the molecule is CC(=O)c1cc2ccc(OCCCCCNCc3ccccc3)cc2oc1=NO. The lowest BCUT2D eigenvalue weighted by Crippen LogP contribution is -2.14. The third-order valence-electron chi connectivity index (χ3n) is 4.63. The maximum atomic E-state index is 11.6. The molecule has 0 aliphatic rings.